The van der Waals surface area contributed by atoms with E-state index in [2.05, 4.69) is 20.8 Å². The number of rotatable bonds is 9. The molecule has 1 aromatic rings. The molecule has 1 aromatic heterocycles. The molecule has 1 saturated heterocycles. The number of anilines is 1. The Balaban J connectivity index is 1.75. The Morgan fingerprint density at radius 2 is 2.12 bits per heavy atom. The van der Waals surface area contributed by atoms with E-state index in [1.165, 1.54) is 31.2 Å². The zero-order chi connectivity index (χ0) is 25.0. The number of aliphatic carboxylic acids is 1. The molecule has 0 aliphatic carbocycles. The molecule has 0 bridgehead atoms. The van der Waals surface area contributed by atoms with Crippen LogP contribution in [0, 0.1) is 0 Å². The van der Waals surface area contributed by atoms with Gasteiger partial charge in [0, 0.05) is 23.6 Å². The number of β-lactam (4-membered cyclic amide) rings is 1. The predicted octanol–water partition coefficient (Wildman–Crippen LogP) is -0.0274. The van der Waals surface area contributed by atoms with Gasteiger partial charge < -0.3 is 25.3 Å². The van der Waals surface area contributed by atoms with E-state index in [0.717, 1.165) is 16.2 Å². The lowest BCUT2D eigenvalue weighted by atomic mass is 10.0. The summed E-state index contributed by atoms with van der Waals surface area (Å²) in [4.78, 5) is 69.8. The SMILES string of the molecule is CON=C(C(=O)NC1C(=O)N2C(C(=O)O)=C(COC(C)=O)CS[C@H]12)c1csc(NC(=O)CCl)n1. The van der Waals surface area contributed by atoms with Crippen LogP contribution < -0.4 is 10.6 Å². The smallest absolute Gasteiger partial charge is 0.352 e. The lowest BCUT2D eigenvalue weighted by Gasteiger charge is -2.49. The number of nitrogens with one attached hydrogen (secondary N) is 2. The topological polar surface area (TPSA) is 177 Å². The fourth-order valence-corrected chi connectivity index (χ4v) is 5.19. The van der Waals surface area contributed by atoms with Gasteiger partial charge >= 0.3 is 11.9 Å². The number of aromatic nitrogens is 1. The average Bonchev–Trinajstić information content (AvgIpc) is 3.26. The van der Waals surface area contributed by atoms with Crippen LogP contribution in [0.1, 0.15) is 12.6 Å². The number of hydrogen-bond acceptors (Lipinski definition) is 11. The minimum Gasteiger partial charge on any atom is -0.477 e. The second kappa shape index (κ2) is 10.8. The number of carboxylic acids is 1. The number of halogens is 1. The van der Waals surface area contributed by atoms with Crippen molar-refractivity contribution in [3.05, 3.63) is 22.3 Å². The molecule has 2 atom stereocenters. The van der Waals surface area contributed by atoms with E-state index in [1.54, 1.807) is 0 Å². The van der Waals surface area contributed by atoms with Gasteiger partial charge in [0.15, 0.2) is 10.8 Å². The number of oxime groups is 1. The van der Waals surface area contributed by atoms with Crippen LogP contribution in [0.2, 0.25) is 0 Å². The van der Waals surface area contributed by atoms with Gasteiger partial charge in [-0.25, -0.2) is 9.78 Å². The summed E-state index contributed by atoms with van der Waals surface area (Å²) in [7, 11) is 1.22. The van der Waals surface area contributed by atoms with Crippen molar-refractivity contribution in [3.8, 4) is 0 Å². The predicted molar refractivity (Wildman–Crippen MR) is 121 cm³/mol. The monoisotopic (exact) mass is 531 g/mol. The lowest BCUT2D eigenvalue weighted by Crippen LogP contribution is -2.71. The standard InChI is InChI=1S/C18H18ClN5O8S2/c1-7(25)32-4-8-5-33-16-12(15(28)24(16)13(8)17(29)30)22-14(27)11(23-31-2)9-6-34-18(20-9)21-10(26)3-19/h6,12,16H,3-5H2,1-2H3,(H,22,27)(H,29,30)(H,20,21,26)/t12?,16-/m1/s1. The third-order valence-electron chi connectivity index (χ3n) is 4.50. The van der Waals surface area contributed by atoms with Crippen LogP contribution in [0.15, 0.2) is 21.8 Å². The second-order valence-electron chi connectivity index (χ2n) is 6.74. The number of amides is 3. The van der Waals surface area contributed by atoms with Gasteiger partial charge in [-0.1, -0.05) is 5.16 Å². The van der Waals surface area contributed by atoms with Crippen LogP contribution in [0.4, 0.5) is 5.13 Å². The Kier molecular flexibility index (Phi) is 8.11. The van der Waals surface area contributed by atoms with Gasteiger partial charge in [-0.3, -0.25) is 24.1 Å². The molecule has 3 heterocycles. The van der Waals surface area contributed by atoms with Gasteiger partial charge in [0.1, 0.15) is 42.4 Å². The number of thioether (sulfide) groups is 1. The fraction of sp³-hybridized carbons (Fsp3) is 0.389. The van der Waals surface area contributed by atoms with E-state index in [0.29, 0.717) is 0 Å². The summed E-state index contributed by atoms with van der Waals surface area (Å²) >= 11 is 7.69. The number of esters is 1. The highest BCUT2D eigenvalue weighted by Crippen LogP contribution is 2.40. The molecule has 182 valence electrons. The number of alkyl halides is 1. The quantitative estimate of drug-likeness (QED) is 0.129. The number of thiazole rings is 1. The number of carbonyl (C=O) groups is 5. The third-order valence-corrected chi connectivity index (χ3v) is 6.84. The van der Waals surface area contributed by atoms with Crippen molar-refractivity contribution in [2.45, 2.75) is 18.3 Å². The molecule has 0 spiro atoms. The maximum atomic E-state index is 12.9. The van der Waals surface area contributed by atoms with Crippen molar-refractivity contribution in [1.29, 1.82) is 0 Å². The third kappa shape index (κ3) is 5.31. The summed E-state index contributed by atoms with van der Waals surface area (Å²) in [5.41, 5.74) is -0.158. The van der Waals surface area contributed by atoms with Crippen LogP contribution in [0.5, 0.6) is 0 Å². The zero-order valence-corrected chi connectivity index (χ0v) is 20.1. The number of hydrogen-bond donors (Lipinski definition) is 3. The molecular formula is C18H18ClN5O8S2. The molecule has 2 aliphatic rings. The van der Waals surface area contributed by atoms with E-state index in [4.69, 9.17) is 21.2 Å². The molecule has 13 nitrogen and oxygen atoms in total. The number of ether oxygens (including phenoxy) is 1. The van der Waals surface area contributed by atoms with Crippen molar-refractivity contribution in [2.24, 2.45) is 5.16 Å². The van der Waals surface area contributed by atoms with Crippen molar-refractivity contribution in [2.75, 3.05) is 30.7 Å². The van der Waals surface area contributed by atoms with Gasteiger partial charge in [-0.15, -0.1) is 34.7 Å². The molecule has 3 amide bonds. The zero-order valence-electron chi connectivity index (χ0n) is 17.7. The van der Waals surface area contributed by atoms with Gasteiger partial charge in [0.05, 0.1) is 0 Å². The minimum absolute atomic E-state index is 0.0870. The van der Waals surface area contributed by atoms with E-state index >= 15 is 0 Å². The Morgan fingerprint density at radius 1 is 1.38 bits per heavy atom. The Hall–Kier alpha value is -3.17. The average molecular weight is 532 g/mol. The van der Waals surface area contributed by atoms with Crippen molar-refractivity contribution < 1.29 is 38.7 Å². The summed E-state index contributed by atoms with van der Waals surface area (Å²) < 4.78 is 4.89. The van der Waals surface area contributed by atoms with Gasteiger partial charge in [0.2, 0.25) is 5.91 Å². The van der Waals surface area contributed by atoms with Crippen molar-refractivity contribution >= 4 is 75.2 Å². The van der Waals surface area contributed by atoms with Crippen LogP contribution in [-0.4, -0.2) is 87.1 Å². The summed E-state index contributed by atoms with van der Waals surface area (Å²) in [5, 5.41) is 19.2. The first-order chi connectivity index (χ1) is 16.2. The fourth-order valence-electron chi connectivity index (χ4n) is 3.08. The highest BCUT2D eigenvalue weighted by molar-refractivity contribution is 8.00. The molecule has 16 heteroatoms. The summed E-state index contributed by atoms with van der Waals surface area (Å²) in [6, 6.07) is -1.03. The van der Waals surface area contributed by atoms with E-state index in [1.807, 2.05) is 0 Å². The second-order valence-corrected chi connectivity index (χ2v) is 8.97. The number of carboxylic acid groups (broad SMARTS) is 1. The van der Waals surface area contributed by atoms with Crippen LogP contribution in [0.25, 0.3) is 0 Å². The first kappa shape index (κ1) is 25.5. The lowest BCUT2D eigenvalue weighted by molar-refractivity contribution is -0.150. The minimum atomic E-state index is -1.35. The molecule has 0 saturated carbocycles. The normalized spacial score (nSPS) is 19.7. The molecule has 1 unspecified atom stereocenters. The van der Waals surface area contributed by atoms with Gasteiger partial charge in [-0.2, -0.15) is 0 Å². The van der Waals surface area contributed by atoms with Crippen LogP contribution in [-0.2, 0) is 33.5 Å². The van der Waals surface area contributed by atoms with E-state index < -0.39 is 41.1 Å². The Morgan fingerprint density at radius 3 is 2.74 bits per heavy atom. The number of fused-ring (bicyclic) bond motifs is 1. The Labute approximate surface area is 205 Å². The maximum absolute atomic E-state index is 12.9. The van der Waals surface area contributed by atoms with Crippen LogP contribution in [0.3, 0.4) is 0 Å². The van der Waals surface area contributed by atoms with E-state index in [9.17, 15) is 29.1 Å². The first-order valence-electron chi connectivity index (χ1n) is 9.45. The van der Waals surface area contributed by atoms with Crippen molar-refractivity contribution in [1.82, 2.24) is 15.2 Å². The summed E-state index contributed by atoms with van der Waals surface area (Å²) in [6.07, 6.45) is 0. The molecule has 3 rings (SSSR count). The van der Waals surface area contributed by atoms with E-state index in [-0.39, 0.29) is 46.0 Å². The highest BCUT2D eigenvalue weighted by atomic mass is 35.5. The van der Waals surface area contributed by atoms with Crippen molar-refractivity contribution in [3.63, 3.8) is 0 Å². The number of carbonyl (C=O) groups excluding carboxylic acids is 4. The van der Waals surface area contributed by atoms with Gasteiger partial charge in [-0.05, 0) is 0 Å². The van der Waals surface area contributed by atoms with Crippen LogP contribution >= 0.6 is 34.7 Å². The molecule has 1 fully saturated rings. The summed E-state index contributed by atoms with van der Waals surface area (Å²) in [6.45, 7) is 0.935. The summed E-state index contributed by atoms with van der Waals surface area (Å²) in [5.74, 6) is -3.93. The molecule has 2 aliphatic heterocycles. The van der Waals surface area contributed by atoms with Gasteiger partial charge in [0.25, 0.3) is 11.8 Å². The molecule has 0 radical (unpaired) electrons. The first-order valence-corrected chi connectivity index (χ1v) is 11.9. The largest absolute Gasteiger partial charge is 0.477 e. The highest BCUT2D eigenvalue weighted by Gasteiger charge is 2.54. The number of nitrogens with zero attached hydrogens (tertiary/aromatic N) is 3. The Bertz CT molecular complexity index is 1100. The molecule has 3 N–H and O–H groups in total. The maximum Gasteiger partial charge on any atom is 0.352 e. The molecule has 34 heavy (non-hydrogen) atoms. The molecular weight excluding hydrogens is 514 g/mol. The molecule has 0 aromatic carbocycles.